The normalized spacial score (nSPS) is 14.9. The molecule has 190 valence electrons. The highest BCUT2D eigenvalue weighted by Crippen LogP contribution is 2.27. The lowest BCUT2D eigenvalue weighted by molar-refractivity contribution is -0.134. The molecule has 1 fully saturated rings. The molecule has 11 heteroatoms. The van der Waals surface area contributed by atoms with Crippen molar-refractivity contribution < 1.29 is 27.5 Å². The second-order valence-corrected chi connectivity index (χ2v) is 10.0. The monoisotopic (exact) mass is 523 g/mol. The van der Waals surface area contributed by atoms with Crippen LogP contribution in [0.2, 0.25) is 5.02 Å². The lowest BCUT2D eigenvalue weighted by Crippen LogP contribution is -2.56. The largest absolute Gasteiger partial charge is 0.492 e. The van der Waals surface area contributed by atoms with Gasteiger partial charge in [-0.1, -0.05) is 41.9 Å². The number of rotatable bonds is 9. The van der Waals surface area contributed by atoms with Gasteiger partial charge in [0.1, 0.15) is 11.8 Å². The lowest BCUT2D eigenvalue weighted by Gasteiger charge is -2.36. The van der Waals surface area contributed by atoms with Crippen LogP contribution in [-0.4, -0.2) is 75.7 Å². The molecule has 35 heavy (non-hydrogen) atoms. The molecule has 1 N–H and O–H groups in total. The molecule has 1 saturated heterocycles. The number of halogens is 1. The summed E-state index contributed by atoms with van der Waals surface area (Å²) >= 11 is 6.19. The minimum atomic E-state index is -4.07. The number of hydrogen-bond donors (Lipinski definition) is 1. The zero-order valence-corrected chi connectivity index (χ0v) is 21.3. The third-order valence-corrected chi connectivity index (χ3v) is 7.27. The number of sulfonamides is 1. The Labute approximate surface area is 211 Å². The van der Waals surface area contributed by atoms with Crippen molar-refractivity contribution in [3.05, 3.63) is 59.1 Å². The number of carbonyl (C=O) groups excluding carboxylic acids is 2. The molecule has 0 saturated carbocycles. The van der Waals surface area contributed by atoms with Gasteiger partial charge in [-0.3, -0.25) is 4.79 Å². The van der Waals surface area contributed by atoms with E-state index in [1.165, 1.54) is 23.1 Å². The number of hydrogen-bond acceptors (Lipinski definition) is 6. The number of nitrogens with one attached hydrogen (secondary N) is 1. The number of benzene rings is 2. The molecular formula is C24H30ClN3O6S. The molecule has 2 aromatic carbocycles. The molecule has 2 aromatic rings. The van der Waals surface area contributed by atoms with Crippen LogP contribution in [0.15, 0.2) is 53.4 Å². The molecule has 0 aromatic heterocycles. The van der Waals surface area contributed by atoms with Gasteiger partial charge >= 0.3 is 6.09 Å². The predicted octanol–water partition coefficient (Wildman–Crippen LogP) is 2.93. The van der Waals surface area contributed by atoms with Crippen LogP contribution in [-0.2, 0) is 26.0 Å². The number of carbonyl (C=O) groups is 2. The van der Waals surface area contributed by atoms with E-state index in [9.17, 15) is 18.0 Å². The van der Waals surface area contributed by atoms with E-state index in [2.05, 4.69) is 4.72 Å². The van der Waals surface area contributed by atoms with E-state index in [0.717, 1.165) is 5.56 Å². The Morgan fingerprint density at radius 2 is 1.66 bits per heavy atom. The number of ether oxygens (including phenoxy) is 2. The maximum Gasteiger partial charge on any atom is 0.409 e. The highest BCUT2D eigenvalue weighted by atomic mass is 35.5. The van der Waals surface area contributed by atoms with Crippen molar-refractivity contribution in [2.45, 2.75) is 31.2 Å². The van der Waals surface area contributed by atoms with Crippen molar-refractivity contribution in [2.24, 2.45) is 0 Å². The first-order chi connectivity index (χ1) is 16.7. The number of nitrogens with zero attached hydrogens (tertiary/aromatic N) is 2. The summed E-state index contributed by atoms with van der Waals surface area (Å²) in [7, 11) is -4.07. The number of amides is 2. The van der Waals surface area contributed by atoms with Gasteiger partial charge in [-0.15, -0.1) is 0 Å². The van der Waals surface area contributed by atoms with Crippen LogP contribution in [0.25, 0.3) is 0 Å². The van der Waals surface area contributed by atoms with Crippen LogP contribution < -0.4 is 9.46 Å². The Kier molecular flexibility index (Phi) is 9.36. The smallest absolute Gasteiger partial charge is 0.409 e. The van der Waals surface area contributed by atoms with Crippen molar-refractivity contribution in [1.82, 2.24) is 14.5 Å². The Hall–Kier alpha value is -2.82. The van der Waals surface area contributed by atoms with Crippen LogP contribution in [0.1, 0.15) is 19.4 Å². The van der Waals surface area contributed by atoms with Crippen LogP contribution in [0.5, 0.6) is 5.75 Å². The van der Waals surface area contributed by atoms with Crippen LogP contribution in [0, 0.1) is 0 Å². The molecule has 1 atom stereocenters. The Morgan fingerprint density at radius 3 is 2.26 bits per heavy atom. The van der Waals surface area contributed by atoms with Gasteiger partial charge in [0.25, 0.3) is 0 Å². The van der Waals surface area contributed by atoms with E-state index in [1.54, 1.807) is 18.7 Å². The van der Waals surface area contributed by atoms with Crippen molar-refractivity contribution in [3.63, 3.8) is 0 Å². The Bertz CT molecular complexity index is 1120. The summed E-state index contributed by atoms with van der Waals surface area (Å²) < 4.78 is 39.4. The minimum absolute atomic E-state index is 0.0658. The predicted molar refractivity (Wildman–Crippen MR) is 132 cm³/mol. The van der Waals surface area contributed by atoms with Crippen LogP contribution in [0.4, 0.5) is 4.79 Å². The first kappa shape index (κ1) is 26.8. The highest BCUT2D eigenvalue weighted by Gasteiger charge is 2.32. The average molecular weight is 524 g/mol. The van der Waals surface area contributed by atoms with Gasteiger partial charge in [0, 0.05) is 26.2 Å². The second kappa shape index (κ2) is 12.2. The minimum Gasteiger partial charge on any atom is -0.492 e. The summed E-state index contributed by atoms with van der Waals surface area (Å²) in [5.41, 5.74) is 0.809. The summed E-state index contributed by atoms with van der Waals surface area (Å²) in [6, 6.07) is 12.3. The number of piperazine rings is 1. The van der Waals surface area contributed by atoms with E-state index >= 15 is 0 Å². The molecule has 0 radical (unpaired) electrons. The molecule has 0 aliphatic carbocycles. The first-order valence-electron chi connectivity index (χ1n) is 11.4. The molecule has 2 amide bonds. The van der Waals surface area contributed by atoms with E-state index in [1.807, 2.05) is 30.3 Å². The zero-order chi connectivity index (χ0) is 25.4. The standard InChI is InChI=1S/C24H30ClN3O6S/c1-3-33-22-11-10-19(17-20(22)25)35(31,32)26-21(16-18-8-6-5-7-9-18)23(29)27-12-14-28(15-13-27)24(30)34-4-2/h5-11,17,21,26H,3-4,12-16H2,1-2H3/t21-/m1/s1. The zero-order valence-electron chi connectivity index (χ0n) is 19.8. The van der Waals surface area contributed by atoms with Crippen molar-refractivity contribution in [2.75, 3.05) is 39.4 Å². The van der Waals surface area contributed by atoms with Crippen LogP contribution >= 0.6 is 11.6 Å². The molecule has 3 rings (SSSR count). The van der Waals surface area contributed by atoms with E-state index < -0.39 is 22.2 Å². The fourth-order valence-electron chi connectivity index (χ4n) is 3.75. The van der Waals surface area contributed by atoms with Gasteiger partial charge in [0.15, 0.2) is 0 Å². The second-order valence-electron chi connectivity index (χ2n) is 7.90. The fourth-order valence-corrected chi connectivity index (χ4v) is 5.27. The van der Waals surface area contributed by atoms with Gasteiger partial charge in [-0.25, -0.2) is 13.2 Å². The van der Waals surface area contributed by atoms with Gasteiger partial charge in [0.05, 0.1) is 23.1 Å². The summed E-state index contributed by atoms with van der Waals surface area (Å²) in [6.07, 6.45) is -0.254. The molecule has 0 bridgehead atoms. The fraction of sp³-hybridized carbons (Fsp3) is 0.417. The molecule has 0 spiro atoms. The maximum absolute atomic E-state index is 13.4. The Balaban J connectivity index is 1.79. The summed E-state index contributed by atoms with van der Waals surface area (Å²) in [6.45, 7) is 5.37. The third kappa shape index (κ3) is 7.09. The van der Waals surface area contributed by atoms with Crippen molar-refractivity contribution in [1.29, 1.82) is 0 Å². The quantitative estimate of drug-likeness (QED) is 0.542. The SMILES string of the molecule is CCOC(=O)N1CCN(C(=O)[C@@H](Cc2ccccc2)NS(=O)(=O)c2ccc(OCC)c(Cl)c2)CC1. The van der Waals surface area contributed by atoms with Gasteiger partial charge in [-0.05, 0) is 44.0 Å². The first-order valence-corrected chi connectivity index (χ1v) is 13.3. The van der Waals surface area contributed by atoms with Crippen molar-refractivity contribution >= 4 is 33.6 Å². The van der Waals surface area contributed by atoms with Gasteiger partial charge in [0.2, 0.25) is 15.9 Å². The average Bonchev–Trinajstić information content (AvgIpc) is 2.85. The molecule has 9 nitrogen and oxygen atoms in total. The molecule has 1 aliphatic heterocycles. The summed E-state index contributed by atoms with van der Waals surface area (Å²) in [5, 5.41) is 0.163. The third-order valence-electron chi connectivity index (χ3n) is 5.51. The van der Waals surface area contributed by atoms with Gasteiger partial charge in [-0.2, -0.15) is 4.72 Å². The molecule has 0 unspecified atom stereocenters. The summed E-state index contributed by atoms with van der Waals surface area (Å²) in [4.78, 5) is 28.4. The van der Waals surface area contributed by atoms with E-state index in [-0.39, 0.29) is 41.9 Å². The Morgan fingerprint density at radius 1 is 1.00 bits per heavy atom. The van der Waals surface area contributed by atoms with E-state index in [4.69, 9.17) is 21.1 Å². The van der Waals surface area contributed by atoms with Crippen molar-refractivity contribution in [3.8, 4) is 5.75 Å². The topological polar surface area (TPSA) is 105 Å². The summed E-state index contributed by atoms with van der Waals surface area (Å²) in [5.74, 6) is 0.0162. The lowest BCUT2D eigenvalue weighted by atomic mass is 10.1. The maximum atomic E-state index is 13.4. The van der Waals surface area contributed by atoms with E-state index in [0.29, 0.717) is 25.4 Å². The molecular weight excluding hydrogens is 494 g/mol. The van der Waals surface area contributed by atoms with Crippen LogP contribution in [0.3, 0.4) is 0 Å². The highest BCUT2D eigenvalue weighted by molar-refractivity contribution is 7.89. The molecule has 1 aliphatic rings. The molecule has 1 heterocycles. The van der Waals surface area contributed by atoms with Gasteiger partial charge < -0.3 is 19.3 Å².